The predicted octanol–water partition coefficient (Wildman–Crippen LogP) is 3.23. The van der Waals surface area contributed by atoms with E-state index in [1.165, 1.54) is 6.20 Å². The van der Waals surface area contributed by atoms with Gasteiger partial charge in [0.1, 0.15) is 16.5 Å². The lowest BCUT2D eigenvalue weighted by Gasteiger charge is -2.27. The lowest BCUT2D eigenvalue weighted by molar-refractivity contribution is -0.164. The Hall–Kier alpha value is -1.04. The summed E-state index contributed by atoms with van der Waals surface area (Å²) in [5, 5.41) is 3.74. The van der Waals surface area contributed by atoms with Crippen molar-refractivity contribution in [2.24, 2.45) is 0 Å². The van der Waals surface area contributed by atoms with Crippen LogP contribution in [0.1, 0.15) is 33.6 Å². The van der Waals surface area contributed by atoms with Crippen molar-refractivity contribution in [1.82, 2.24) is 10.3 Å². The number of carbonyl (C=O) groups is 1. The number of aromatic nitrogens is 1. The molecule has 1 aromatic rings. The average molecular weight is 347 g/mol. The molecule has 0 aromatic carbocycles. The molecule has 0 spiro atoms. The molecule has 0 saturated carbocycles. The van der Waals surface area contributed by atoms with Gasteiger partial charge in [0, 0.05) is 6.07 Å². The summed E-state index contributed by atoms with van der Waals surface area (Å²) in [6, 6.07) is 1.45. The number of nitrogens with one attached hydrogen (secondary N) is 1. The Kier molecular flexibility index (Phi) is 5.53. The smallest absolute Gasteiger partial charge is 0.349 e. The van der Waals surface area contributed by atoms with Crippen LogP contribution in [0.3, 0.4) is 0 Å². The summed E-state index contributed by atoms with van der Waals surface area (Å²) in [5.41, 5.74) is -0.576. The van der Waals surface area contributed by atoms with Gasteiger partial charge in [-0.3, -0.25) is 0 Å². The third kappa shape index (κ3) is 4.73. The van der Waals surface area contributed by atoms with E-state index in [4.69, 9.17) is 32.7 Å². The highest BCUT2D eigenvalue weighted by atomic mass is 35.5. The second-order valence-electron chi connectivity index (χ2n) is 6.22. The van der Waals surface area contributed by atoms with Crippen LogP contribution in [-0.2, 0) is 9.53 Å². The van der Waals surface area contributed by atoms with Gasteiger partial charge in [0.25, 0.3) is 0 Å². The Morgan fingerprint density at radius 3 is 2.73 bits per heavy atom. The minimum absolute atomic E-state index is 0.0932. The van der Waals surface area contributed by atoms with Gasteiger partial charge < -0.3 is 14.8 Å². The van der Waals surface area contributed by atoms with Crippen LogP contribution in [0.5, 0.6) is 5.75 Å². The zero-order valence-corrected chi connectivity index (χ0v) is 14.4. The van der Waals surface area contributed by atoms with Crippen LogP contribution in [0.4, 0.5) is 0 Å². The predicted molar refractivity (Wildman–Crippen MR) is 85.5 cm³/mol. The molecule has 5 nitrogen and oxygen atoms in total. The summed E-state index contributed by atoms with van der Waals surface area (Å²) in [6.45, 7) is 6.33. The van der Waals surface area contributed by atoms with Crippen molar-refractivity contribution in [1.29, 1.82) is 0 Å². The minimum Gasteiger partial charge on any atom is -0.475 e. The van der Waals surface area contributed by atoms with Crippen molar-refractivity contribution in [3.63, 3.8) is 0 Å². The maximum Gasteiger partial charge on any atom is 0.349 e. The molecule has 0 amide bonds. The maximum absolute atomic E-state index is 12.4. The molecule has 0 radical (unpaired) electrons. The number of esters is 1. The van der Waals surface area contributed by atoms with Crippen LogP contribution >= 0.6 is 23.2 Å². The first kappa shape index (κ1) is 17.3. The number of halogens is 2. The van der Waals surface area contributed by atoms with E-state index < -0.39 is 17.7 Å². The average Bonchev–Trinajstić information content (AvgIpc) is 2.91. The van der Waals surface area contributed by atoms with E-state index in [9.17, 15) is 4.79 Å². The first-order valence-electron chi connectivity index (χ1n) is 7.20. The van der Waals surface area contributed by atoms with Crippen molar-refractivity contribution in [3.05, 3.63) is 22.4 Å². The standard InChI is InChI=1S/C15H20Cl2N2O3/c1-15(2,3)22-14(20)12(11-5-4-6-18-11)21-9-7-10(16)13(17)19-8-9/h7-8,11-12,18H,4-6H2,1-3H3/t11-,12?/m0/s1. The molecule has 1 aromatic heterocycles. The number of rotatable bonds is 4. The van der Waals surface area contributed by atoms with Gasteiger partial charge >= 0.3 is 5.97 Å². The van der Waals surface area contributed by atoms with E-state index in [0.717, 1.165) is 19.4 Å². The maximum atomic E-state index is 12.4. The van der Waals surface area contributed by atoms with E-state index in [2.05, 4.69) is 10.3 Å². The molecular weight excluding hydrogens is 327 g/mol. The fraction of sp³-hybridized carbons (Fsp3) is 0.600. The van der Waals surface area contributed by atoms with Crippen LogP contribution in [0, 0.1) is 0 Å². The number of nitrogens with zero attached hydrogens (tertiary/aromatic N) is 1. The zero-order chi connectivity index (χ0) is 16.3. The van der Waals surface area contributed by atoms with Gasteiger partial charge in [-0.25, -0.2) is 9.78 Å². The van der Waals surface area contributed by atoms with Gasteiger partial charge in [0.15, 0.2) is 0 Å². The second kappa shape index (κ2) is 7.02. The molecule has 1 N–H and O–H groups in total. The normalized spacial score (nSPS) is 19.8. The summed E-state index contributed by atoms with van der Waals surface area (Å²) in [4.78, 5) is 16.4. The molecule has 1 fully saturated rings. The first-order chi connectivity index (χ1) is 10.3. The minimum atomic E-state index is -0.749. The third-order valence-corrected chi connectivity index (χ3v) is 3.82. The van der Waals surface area contributed by atoms with E-state index >= 15 is 0 Å². The van der Waals surface area contributed by atoms with Crippen molar-refractivity contribution >= 4 is 29.2 Å². The number of carbonyl (C=O) groups excluding carboxylic acids is 1. The molecule has 1 aliphatic heterocycles. The molecule has 7 heteroatoms. The summed E-state index contributed by atoms with van der Waals surface area (Å²) in [7, 11) is 0. The van der Waals surface area contributed by atoms with Gasteiger partial charge in [0.2, 0.25) is 6.10 Å². The van der Waals surface area contributed by atoms with Gasteiger partial charge in [-0.05, 0) is 40.2 Å². The van der Waals surface area contributed by atoms with Gasteiger partial charge in [0.05, 0.1) is 17.3 Å². The topological polar surface area (TPSA) is 60.5 Å². The van der Waals surface area contributed by atoms with Crippen molar-refractivity contribution in [2.75, 3.05) is 6.54 Å². The fourth-order valence-electron chi connectivity index (χ4n) is 2.24. The lowest BCUT2D eigenvalue weighted by Crippen LogP contribution is -2.47. The van der Waals surface area contributed by atoms with Crippen molar-refractivity contribution in [3.8, 4) is 5.75 Å². The SMILES string of the molecule is CC(C)(C)OC(=O)C(Oc1cnc(Cl)c(Cl)c1)[C@@H]1CCCN1. The molecular formula is C15H20Cl2N2O3. The van der Waals surface area contributed by atoms with Crippen molar-refractivity contribution < 1.29 is 14.3 Å². The molecule has 2 heterocycles. The molecule has 2 rings (SSSR count). The molecule has 122 valence electrons. The van der Waals surface area contributed by atoms with Crippen LogP contribution < -0.4 is 10.1 Å². The van der Waals surface area contributed by atoms with Gasteiger partial charge in [-0.1, -0.05) is 23.2 Å². The molecule has 1 saturated heterocycles. The number of ether oxygens (including phenoxy) is 2. The summed E-state index contributed by atoms with van der Waals surface area (Å²) in [6.07, 6.45) is 2.53. The molecule has 1 aliphatic rings. The Morgan fingerprint density at radius 1 is 1.45 bits per heavy atom. The highest BCUT2D eigenvalue weighted by Gasteiger charge is 2.35. The molecule has 0 aliphatic carbocycles. The van der Waals surface area contributed by atoms with E-state index in [-0.39, 0.29) is 16.2 Å². The molecule has 2 atom stereocenters. The third-order valence-electron chi connectivity index (χ3n) is 3.14. The fourth-order valence-corrected chi connectivity index (χ4v) is 2.50. The highest BCUT2D eigenvalue weighted by molar-refractivity contribution is 6.41. The van der Waals surface area contributed by atoms with Crippen LogP contribution in [0.2, 0.25) is 10.2 Å². The monoisotopic (exact) mass is 346 g/mol. The number of hydrogen-bond acceptors (Lipinski definition) is 5. The summed E-state index contributed by atoms with van der Waals surface area (Å²) in [5.74, 6) is -0.0167. The van der Waals surface area contributed by atoms with E-state index in [0.29, 0.717) is 5.75 Å². The Morgan fingerprint density at radius 2 is 2.18 bits per heavy atom. The Balaban J connectivity index is 2.16. The number of hydrogen-bond donors (Lipinski definition) is 1. The number of pyridine rings is 1. The van der Waals surface area contributed by atoms with Crippen LogP contribution in [0.15, 0.2) is 12.3 Å². The van der Waals surface area contributed by atoms with Crippen LogP contribution in [0.25, 0.3) is 0 Å². The van der Waals surface area contributed by atoms with E-state index in [1.807, 2.05) is 20.8 Å². The van der Waals surface area contributed by atoms with Gasteiger partial charge in [-0.2, -0.15) is 0 Å². The summed E-state index contributed by atoms with van der Waals surface area (Å²) >= 11 is 11.7. The van der Waals surface area contributed by atoms with E-state index in [1.54, 1.807) is 6.07 Å². The van der Waals surface area contributed by atoms with Crippen LogP contribution in [-0.4, -0.2) is 35.2 Å². The van der Waals surface area contributed by atoms with Crippen molar-refractivity contribution in [2.45, 2.75) is 51.4 Å². The first-order valence-corrected chi connectivity index (χ1v) is 7.96. The highest BCUT2D eigenvalue weighted by Crippen LogP contribution is 2.26. The molecule has 0 bridgehead atoms. The molecule has 1 unspecified atom stereocenters. The largest absolute Gasteiger partial charge is 0.475 e. The lowest BCUT2D eigenvalue weighted by atomic mass is 10.1. The van der Waals surface area contributed by atoms with Gasteiger partial charge in [-0.15, -0.1) is 0 Å². The summed E-state index contributed by atoms with van der Waals surface area (Å²) < 4.78 is 11.3. The zero-order valence-electron chi connectivity index (χ0n) is 12.9. The Labute approximate surface area is 140 Å². The Bertz CT molecular complexity index is 540. The quantitative estimate of drug-likeness (QED) is 0.669. The molecule has 22 heavy (non-hydrogen) atoms. The second-order valence-corrected chi connectivity index (χ2v) is 6.98.